The highest BCUT2D eigenvalue weighted by Crippen LogP contribution is 2.15. The van der Waals surface area contributed by atoms with E-state index >= 15 is 0 Å². The maximum atomic E-state index is 12.5. The Hall–Kier alpha value is -2.68. The fraction of sp³-hybridized carbons (Fsp3) is 0.150. The highest BCUT2D eigenvalue weighted by atomic mass is 32.2. The highest BCUT2D eigenvalue weighted by molar-refractivity contribution is 7.89. The van der Waals surface area contributed by atoms with Crippen LogP contribution < -0.4 is 14.8 Å². The third-order valence-electron chi connectivity index (χ3n) is 4.04. The average Bonchev–Trinajstić information content (AvgIpc) is 3.25. The number of rotatable bonds is 8. The second-order valence-electron chi connectivity index (χ2n) is 5.96. The van der Waals surface area contributed by atoms with Crippen LogP contribution in [0.3, 0.4) is 0 Å². The molecular formula is C20H20N2O4S2. The monoisotopic (exact) mass is 416 g/mol. The van der Waals surface area contributed by atoms with Crippen LogP contribution in [-0.2, 0) is 23.1 Å². The first-order valence-electron chi connectivity index (χ1n) is 8.51. The Kier molecular flexibility index (Phi) is 6.45. The quantitative estimate of drug-likeness (QED) is 0.591. The second-order valence-corrected chi connectivity index (χ2v) is 8.76. The number of hydrogen-bond donors (Lipinski definition) is 2. The van der Waals surface area contributed by atoms with Gasteiger partial charge in [0.2, 0.25) is 10.0 Å². The Labute approximate surface area is 168 Å². The summed E-state index contributed by atoms with van der Waals surface area (Å²) < 4.78 is 32.6. The Morgan fingerprint density at radius 3 is 2.50 bits per heavy atom. The molecule has 1 heterocycles. The molecule has 0 aliphatic heterocycles. The smallest absolute Gasteiger partial charge is 0.251 e. The molecule has 0 saturated heterocycles. The minimum atomic E-state index is -3.70. The van der Waals surface area contributed by atoms with Gasteiger partial charge in [-0.3, -0.25) is 4.79 Å². The molecule has 0 bridgehead atoms. The summed E-state index contributed by atoms with van der Waals surface area (Å²) in [7, 11) is -2.11. The van der Waals surface area contributed by atoms with Gasteiger partial charge in [-0.15, -0.1) is 11.3 Å². The summed E-state index contributed by atoms with van der Waals surface area (Å²) in [4.78, 5) is 13.4. The topological polar surface area (TPSA) is 84.5 Å². The van der Waals surface area contributed by atoms with Gasteiger partial charge in [0.1, 0.15) is 5.75 Å². The standard InChI is InChI=1S/C20H20N2O4S2/c1-26-17-9-7-15(8-10-17)13-21-20(23)16-4-2-6-19(12-16)28(24,25)22-14-18-5-3-11-27-18/h2-12,22H,13-14H2,1H3,(H,21,23). The number of carbonyl (C=O) groups excluding carboxylic acids is 1. The average molecular weight is 417 g/mol. The maximum absolute atomic E-state index is 12.5. The molecule has 0 aliphatic carbocycles. The fourth-order valence-electron chi connectivity index (χ4n) is 2.49. The number of carbonyl (C=O) groups is 1. The van der Waals surface area contributed by atoms with Gasteiger partial charge in [-0.05, 0) is 47.3 Å². The van der Waals surface area contributed by atoms with E-state index in [4.69, 9.17) is 4.74 Å². The lowest BCUT2D eigenvalue weighted by Crippen LogP contribution is -2.25. The second kappa shape index (κ2) is 9.01. The van der Waals surface area contributed by atoms with Crippen LogP contribution in [0.25, 0.3) is 0 Å². The predicted octanol–water partition coefficient (Wildman–Crippen LogP) is 3.17. The number of thiophene rings is 1. The number of sulfonamides is 1. The molecule has 0 fully saturated rings. The van der Waals surface area contributed by atoms with E-state index in [0.29, 0.717) is 6.54 Å². The number of amides is 1. The van der Waals surface area contributed by atoms with Crippen LogP contribution in [0.4, 0.5) is 0 Å². The van der Waals surface area contributed by atoms with Crippen molar-refractivity contribution >= 4 is 27.3 Å². The molecule has 3 rings (SSSR count). The zero-order valence-electron chi connectivity index (χ0n) is 15.2. The Morgan fingerprint density at radius 1 is 1.04 bits per heavy atom. The Bertz CT molecular complexity index is 1030. The Balaban J connectivity index is 1.64. The SMILES string of the molecule is COc1ccc(CNC(=O)c2cccc(S(=O)(=O)NCc3cccs3)c2)cc1. The molecule has 8 heteroatoms. The minimum Gasteiger partial charge on any atom is -0.497 e. The number of ether oxygens (including phenoxy) is 1. The van der Waals surface area contributed by atoms with Gasteiger partial charge in [-0.25, -0.2) is 13.1 Å². The molecule has 28 heavy (non-hydrogen) atoms. The zero-order chi connectivity index (χ0) is 20.0. The fourth-order valence-corrected chi connectivity index (χ4v) is 4.28. The summed E-state index contributed by atoms with van der Waals surface area (Å²) in [5.74, 6) is 0.397. The van der Waals surface area contributed by atoms with Crippen LogP contribution in [0.15, 0.2) is 70.9 Å². The normalized spacial score (nSPS) is 11.2. The largest absolute Gasteiger partial charge is 0.497 e. The highest BCUT2D eigenvalue weighted by Gasteiger charge is 2.16. The number of nitrogens with one attached hydrogen (secondary N) is 2. The van der Waals surface area contributed by atoms with E-state index in [1.807, 2.05) is 41.8 Å². The summed E-state index contributed by atoms with van der Waals surface area (Å²) in [6.07, 6.45) is 0. The molecule has 0 atom stereocenters. The van der Waals surface area contributed by atoms with Crippen molar-refractivity contribution in [3.8, 4) is 5.75 Å². The molecule has 1 aromatic heterocycles. The van der Waals surface area contributed by atoms with E-state index in [0.717, 1.165) is 16.2 Å². The molecule has 146 valence electrons. The first-order valence-corrected chi connectivity index (χ1v) is 10.9. The third kappa shape index (κ3) is 5.19. The van der Waals surface area contributed by atoms with Gasteiger partial charge in [-0.1, -0.05) is 24.3 Å². The van der Waals surface area contributed by atoms with Gasteiger partial charge in [0.25, 0.3) is 5.91 Å². The summed E-state index contributed by atoms with van der Waals surface area (Å²) in [5, 5.41) is 4.68. The van der Waals surface area contributed by atoms with Gasteiger partial charge in [-0.2, -0.15) is 0 Å². The molecular weight excluding hydrogens is 396 g/mol. The summed E-state index contributed by atoms with van der Waals surface area (Å²) in [6.45, 7) is 0.546. The van der Waals surface area contributed by atoms with Crippen LogP contribution in [-0.4, -0.2) is 21.4 Å². The van der Waals surface area contributed by atoms with Crippen LogP contribution in [0.2, 0.25) is 0 Å². The molecule has 0 radical (unpaired) electrons. The van der Waals surface area contributed by atoms with Crippen molar-refractivity contribution in [1.29, 1.82) is 0 Å². The van der Waals surface area contributed by atoms with E-state index < -0.39 is 10.0 Å². The van der Waals surface area contributed by atoms with Gasteiger partial charge in [0, 0.05) is 23.5 Å². The summed E-state index contributed by atoms with van der Waals surface area (Å²) >= 11 is 1.47. The zero-order valence-corrected chi connectivity index (χ0v) is 16.8. The van der Waals surface area contributed by atoms with Crippen molar-refractivity contribution in [2.24, 2.45) is 0 Å². The van der Waals surface area contributed by atoms with E-state index in [2.05, 4.69) is 10.0 Å². The van der Waals surface area contributed by atoms with Crippen molar-refractivity contribution in [3.63, 3.8) is 0 Å². The van der Waals surface area contributed by atoms with E-state index in [9.17, 15) is 13.2 Å². The van der Waals surface area contributed by atoms with Crippen LogP contribution in [0, 0.1) is 0 Å². The molecule has 3 aromatic rings. The Morgan fingerprint density at radius 2 is 1.82 bits per heavy atom. The summed E-state index contributed by atoms with van der Waals surface area (Å²) in [6, 6.07) is 17.0. The molecule has 2 N–H and O–H groups in total. The van der Waals surface area contributed by atoms with Gasteiger partial charge in [0.05, 0.1) is 12.0 Å². The lowest BCUT2D eigenvalue weighted by atomic mass is 10.2. The van der Waals surface area contributed by atoms with Crippen LogP contribution in [0.5, 0.6) is 5.75 Å². The summed E-state index contributed by atoms with van der Waals surface area (Å²) in [5.41, 5.74) is 1.20. The first-order chi connectivity index (χ1) is 13.5. The molecule has 6 nitrogen and oxygen atoms in total. The molecule has 0 spiro atoms. The van der Waals surface area contributed by atoms with E-state index in [1.165, 1.54) is 23.5 Å². The predicted molar refractivity (Wildman–Crippen MR) is 109 cm³/mol. The number of methoxy groups -OCH3 is 1. The van der Waals surface area contributed by atoms with Crippen molar-refractivity contribution in [3.05, 3.63) is 82.0 Å². The maximum Gasteiger partial charge on any atom is 0.251 e. The van der Waals surface area contributed by atoms with Gasteiger partial charge < -0.3 is 10.1 Å². The van der Waals surface area contributed by atoms with Crippen molar-refractivity contribution < 1.29 is 17.9 Å². The number of benzene rings is 2. The molecule has 1 amide bonds. The van der Waals surface area contributed by atoms with Crippen molar-refractivity contribution in [2.75, 3.05) is 7.11 Å². The van der Waals surface area contributed by atoms with Gasteiger partial charge in [0.15, 0.2) is 0 Å². The third-order valence-corrected chi connectivity index (χ3v) is 6.31. The molecule has 0 aliphatic rings. The number of hydrogen-bond acceptors (Lipinski definition) is 5. The van der Waals surface area contributed by atoms with E-state index in [-0.39, 0.29) is 22.9 Å². The molecule has 2 aromatic carbocycles. The molecule has 0 saturated carbocycles. The van der Waals surface area contributed by atoms with Crippen molar-refractivity contribution in [2.45, 2.75) is 18.0 Å². The van der Waals surface area contributed by atoms with Gasteiger partial charge >= 0.3 is 0 Å². The van der Waals surface area contributed by atoms with E-state index in [1.54, 1.807) is 19.2 Å². The first kappa shape index (κ1) is 20.1. The minimum absolute atomic E-state index is 0.0566. The molecule has 0 unspecified atom stereocenters. The van der Waals surface area contributed by atoms with Crippen LogP contribution >= 0.6 is 11.3 Å². The van der Waals surface area contributed by atoms with Crippen LogP contribution in [0.1, 0.15) is 20.8 Å². The van der Waals surface area contributed by atoms with Crippen molar-refractivity contribution in [1.82, 2.24) is 10.0 Å². The lowest BCUT2D eigenvalue weighted by Gasteiger charge is -2.09. The lowest BCUT2D eigenvalue weighted by molar-refractivity contribution is 0.0950.